The molecule has 0 unspecified atom stereocenters. The Hall–Kier alpha value is -1.85. The Kier molecular flexibility index (Phi) is 5.85. The quantitative estimate of drug-likeness (QED) is 0.411. The fraction of sp³-hybridized carbons (Fsp3) is 0.474. The molecule has 0 aliphatic carbocycles. The Morgan fingerprint density at radius 3 is 2.55 bits per heavy atom. The van der Waals surface area contributed by atoms with E-state index in [-0.39, 0.29) is 18.5 Å². The molecule has 0 radical (unpaired) electrons. The number of nitrogens with zero attached hydrogens (tertiary/aromatic N) is 3. The average molecular weight is 525 g/mol. The van der Waals surface area contributed by atoms with E-state index in [1.165, 1.54) is 4.90 Å². The lowest BCUT2D eigenvalue weighted by molar-refractivity contribution is -0.138. The molecule has 1 aliphatic rings. The van der Waals surface area contributed by atoms with Gasteiger partial charge in [-0.1, -0.05) is 6.07 Å². The summed E-state index contributed by atoms with van der Waals surface area (Å²) in [7, 11) is 0. The van der Waals surface area contributed by atoms with Gasteiger partial charge in [-0.2, -0.15) is 13.2 Å². The van der Waals surface area contributed by atoms with Crippen LogP contribution in [0.25, 0.3) is 0 Å². The molecule has 0 atom stereocenters. The first kappa shape index (κ1) is 21.8. The van der Waals surface area contributed by atoms with Crippen LogP contribution in [0.15, 0.2) is 18.2 Å². The number of halogens is 5. The minimum atomic E-state index is -4.65. The van der Waals surface area contributed by atoms with Crippen LogP contribution in [0.4, 0.5) is 22.4 Å². The van der Waals surface area contributed by atoms with Crippen LogP contribution >= 0.6 is 22.6 Å². The van der Waals surface area contributed by atoms with Crippen LogP contribution in [0.1, 0.15) is 43.4 Å². The zero-order chi connectivity index (χ0) is 21.6. The zero-order valence-electron chi connectivity index (χ0n) is 16.1. The first-order valence-electron chi connectivity index (χ1n) is 8.92. The Morgan fingerprint density at radius 2 is 1.93 bits per heavy atom. The van der Waals surface area contributed by atoms with Crippen LogP contribution < -0.4 is 0 Å². The largest absolute Gasteiger partial charge is 0.444 e. The summed E-state index contributed by atoms with van der Waals surface area (Å²) in [5.41, 5.74) is -1.02. The van der Waals surface area contributed by atoms with Crippen molar-refractivity contribution in [3.05, 3.63) is 50.4 Å². The molecule has 1 aromatic carbocycles. The predicted molar refractivity (Wildman–Crippen MR) is 106 cm³/mol. The maximum Gasteiger partial charge on any atom is 0.416 e. The monoisotopic (exact) mass is 525 g/mol. The Balaban J connectivity index is 1.87. The number of imidazole rings is 1. The minimum absolute atomic E-state index is 0.0194. The van der Waals surface area contributed by atoms with Gasteiger partial charge in [0.1, 0.15) is 20.9 Å². The third-order valence-corrected chi connectivity index (χ3v) is 5.28. The maximum absolute atomic E-state index is 13.4. The summed E-state index contributed by atoms with van der Waals surface area (Å²) in [6, 6.07) is 2.69. The van der Waals surface area contributed by atoms with Crippen molar-refractivity contribution in [3.8, 4) is 0 Å². The summed E-state index contributed by atoms with van der Waals surface area (Å²) in [5, 5.41) is 0. The second kappa shape index (κ2) is 7.77. The second-order valence-electron chi connectivity index (χ2n) is 7.80. The molecule has 29 heavy (non-hydrogen) atoms. The first-order chi connectivity index (χ1) is 13.3. The molecule has 0 spiro atoms. The van der Waals surface area contributed by atoms with Gasteiger partial charge in [-0.05, 0) is 61.1 Å². The van der Waals surface area contributed by atoms with Gasteiger partial charge in [-0.3, -0.25) is 4.90 Å². The van der Waals surface area contributed by atoms with Crippen molar-refractivity contribution < 1.29 is 27.1 Å². The maximum atomic E-state index is 13.4. The van der Waals surface area contributed by atoms with Crippen LogP contribution in [0, 0.1) is 9.52 Å². The number of benzene rings is 1. The number of rotatable bonds is 2. The van der Waals surface area contributed by atoms with Gasteiger partial charge in [0.15, 0.2) is 0 Å². The zero-order valence-corrected chi connectivity index (χ0v) is 18.3. The number of amides is 1. The number of alkyl halides is 3. The molecule has 2 aromatic rings. The SMILES string of the molecule is CC(C)(C)OC(=O)N1CCn2c(nc(I)c2Cc2ccc(F)cc2C(F)(F)F)C1. The normalized spacial score (nSPS) is 14.7. The van der Waals surface area contributed by atoms with Gasteiger partial charge in [0.05, 0.1) is 17.8 Å². The highest BCUT2D eigenvalue weighted by Crippen LogP contribution is 2.34. The van der Waals surface area contributed by atoms with Crippen molar-refractivity contribution >= 4 is 28.7 Å². The summed E-state index contributed by atoms with van der Waals surface area (Å²) in [4.78, 5) is 18.2. The summed E-state index contributed by atoms with van der Waals surface area (Å²) in [6.07, 6.45) is -5.14. The van der Waals surface area contributed by atoms with Gasteiger partial charge in [0.2, 0.25) is 0 Å². The molecule has 158 valence electrons. The third kappa shape index (κ3) is 5.01. The van der Waals surface area contributed by atoms with Crippen LogP contribution in [0.3, 0.4) is 0 Å². The molecule has 0 bridgehead atoms. The van der Waals surface area contributed by atoms with E-state index in [4.69, 9.17) is 4.74 Å². The highest BCUT2D eigenvalue weighted by molar-refractivity contribution is 14.1. The Morgan fingerprint density at radius 1 is 1.24 bits per heavy atom. The lowest BCUT2D eigenvalue weighted by Gasteiger charge is -2.31. The van der Waals surface area contributed by atoms with E-state index in [1.807, 2.05) is 27.2 Å². The van der Waals surface area contributed by atoms with Gasteiger partial charge in [-0.25, -0.2) is 14.2 Å². The van der Waals surface area contributed by atoms with Gasteiger partial charge in [-0.15, -0.1) is 0 Å². The fourth-order valence-electron chi connectivity index (χ4n) is 3.16. The summed E-state index contributed by atoms with van der Waals surface area (Å²) < 4.78 is 61.1. The van der Waals surface area contributed by atoms with Crippen molar-refractivity contribution in [2.24, 2.45) is 0 Å². The van der Waals surface area contributed by atoms with E-state index in [1.54, 1.807) is 20.8 Å². The van der Waals surface area contributed by atoms with E-state index >= 15 is 0 Å². The highest BCUT2D eigenvalue weighted by Gasteiger charge is 2.35. The molecule has 5 nitrogen and oxygen atoms in total. The number of aromatic nitrogens is 2. The topological polar surface area (TPSA) is 47.4 Å². The van der Waals surface area contributed by atoms with E-state index < -0.39 is 29.3 Å². The molecular weight excluding hydrogens is 505 g/mol. The number of fused-ring (bicyclic) bond motifs is 1. The average Bonchev–Trinajstić information content (AvgIpc) is 2.88. The number of hydrogen-bond donors (Lipinski definition) is 0. The van der Waals surface area contributed by atoms with Crippen LogP contribution in [0.2, 0.25) is 0 Å². The number of carbonyl (C=O) groups excluding carboxylic acids is 1. The summed E-state index contributed by atoms with van der Waals surface area (Å²) in [5.74, 6) is -0.351. The molecule has 1 amide bonds. The van der Waals surface area contributed by atoms with Crippen molar-refractivity contribution in [3.63, 3.8) is 0 Å². The fourth-order valence-corrected chi connectivity index (χ4v) is 3.92. The molecular formula is C19H20F4IN3O2. The van der Waals surface area contributed by atoms with Crippen molar-refractivity contribution in [2.75, 3.05) is 6.54 Å². The molecule has 0 saturated heterocycles. The lowest BCUT2D eigenvalue weighted by atomic mass is 10.0. The molecule has 3 rings (SSSR count). The highest BCUT2D eigenvalue weighted by atomic mass is 127. The van der Waals surface area contributed by atoms with E-state index in [0.29, 0.717) is 34.4 Å². The predicted octanol–water partition coefficient (Wildman–Crippen LogP) is 4.99. The van der Waals surface area contributed by atoms with Gasteiger partial charge < -0.3 is 9.30 Å². The summed E-state index contributed by atoms with van der Waals surface area (Å²) in [6.45, 7) is 6.28. The van der Waals surface area contributed by atoms with Gasteiger partial charge >= 0.3 is 12.3 Å². The van der Waals surface area contributed by atoms with Crippen LogP contribution in [0.5, 0.6) is 0 Å². The Labute approximate surface area is 179 Å². The second-order valence-corrected chi connectivity index (χ2v) is 8.82. The standard InChI is InChI=1S/C19H20F4IN3O2/c1-18(2,3)29-17(28)26-6-7-27-14(16(24)25-15(27)10-26)8-11-4-5-12(20)9-13(11)19(21,22)23/h4-5,9H,6-8,10H2,1-3H3. The third-order valence-electron chi connectivity index (χ3n) is 4.42. The summed E-state index contributed by atoms with van der Waals surface area (Å²) >= 11 is 1.97. The molecule has 0 saturated carbocycles. The molecule has 0 N–H and O–H groups in total. The lowest BCUT2D eigenvalue weighted by Crippen LogP contribution is -2.41. The van der Waals surface area contributed by atoms with Gasteiger partial charge in [0.25, 0.3) is 0 Å². The Bertz CT molecular complexity index is 935. The molecule has 0 fully saturated rings. The van der Waals surface area contributed by atoms with E-state index in [2.05, 4.69) is 4.98 Å². The minimum Gasteiger partial charge on any atom is -0.444 e. The number of carbonyl (C=O) groups is 1. The molecule has 2 heterocycles. The van der Waals surface area contributed by atoms with E-state index in [0.717, 1.165) is 12.1 Å². The number of hydrogen-bond acceptors (Lipinski definition) is 3. The molecule has 1 aromatic heterocycles. The van der Waals surface area contributed by atoms with Crippen molar-refractivity contribution in [1.82, 2.24) is 14.5 Å². The molecule has 10 heteroatoms. The van der Waals surface area contributed by atoms with Crippen LogP contribution in [-0.2, 0) is 30.4 Å². The van der Waals surface area contributed by atoms with Crippen molar-refractivity contribution in [2.45, 2.75) is 52.1 Å². The van der Waals surface area contributed by atoms with Crippen molar-refractivity contribution in [1.29, 1.82) is 0 Å². The van der Waals surface area contributed by atoms with Gasteiger partial charge in [0, 0.05) is 19.5 Å². The first-order valence-corrected chi connectivity index (χ1v) is 10.0. The number of ether oxygens (including phenoxy) is 1. The molecule has 1 aliphatic heterocycles. The van der Waals surface area contributed by atoms with Crippen LogP contribution in [-0.4, -0.2) is 32.7 Å². The smallest absolute Gasteiger partial charge is 0.416 e. The van der Waals surface area contributed by atoms with E-state index in [9.17, 15) is 22.4 Å².